The zero-order valence-electron chi connectivity index (χ0n) is 9.89. The van der Waals surface area contributed by atoms with Crippen LogP contribution in [0.1, 0.15) is 24.9 Å². The number of rotatable bonds is 2. The van der Waals surface area contributed by atoms with E-state index < -0.39 is 0 Å². The van der Waals surface area contributed by atoms with Crippen LogP contribution < -0.4 is 5.32 Å². The van der Waals surface area contributed by atoms with Gasteiger partial charge in [0.05, 0.1) is 0 Å². The first-order valence-corrected chi connectivity index (χ1v) is 6.37. The van der Waals surface area contributed by atoms with Gasteiger partial charge in [-0.2, -0.15) is 0 Å². The van der Waals surface area contributed by atoms with Gasteiger partial charge in [0.15, 0.2) is 0 Å². The number of hydrogen-bond acceptors (Lipinski definition) is 2. The van der Waals surface area contributed by atoms with Crippen LogP contribution >= 0.6 is 0 Å². The maximum Gasteiger partial charge on any atom is 0.0323 e. The van der Waals surface area contributed by atoms with E-state index in [1.54, 1.807) is 0 Å². The summed E-state index contributed by atoms with van der Waals surface area (Å²) >= 11 is 0. The Bertz CT molecular complexity index is 349. The maximum absolute atomic E-state index is 3.52. The topological polar surface area (TPSA) is 15.3 Å². The van der Waals surface area contributed by atoms with E-state index in [0.29, 0.717) is 6.04 Å². The van der Waals surface area contributed by atoms with Crippen LogP contribution in [0.2, 0.25) is 0 Å². The highest BCUT2D eigenvalue weighted by Crippen LogP contribution is 2.34. The van der Waals surface area contributed by atoms with Crippen LogP contribution in [-0.2, 0) is 0 Å². The summed E-state index contributed by atoms with van der Waals surface area (Å²) in [4.78, 5) is 2.68. The van der Waals surface area contributed by atoms with Gasteiger partial charge in [0.1, 0.15) is 0 Å². The molecular weight excluding hydrogens is 196 g/mol. The molecule has 1 N–H and O–H groups in total. The smallest absolute Gasteiger partial charge is 0.0323 e. The lowest BCUT2D eigenvalue weighted by Gasteiger charge is -2.30. The van der Waals surface area contributed by atoms with Crippen LogP contribution in [0.25, 0.3) is 0 Å². The second-order valence-corrected chi connectivity index (χ2v) is 5.10. The molecule has 3 atom stereocenters. The Morgan fingerprint density at radius 2 is 2.06 bits per heavy atom. The van der Waals surface area contributed by atoms with Gasteiger partial charge in [-0.3, -0.25) is 4.90 Å². The van der Waals surface area contributed by atoms with Gasteiger partial charge in [0, 0.05) is 18.6 Å². The average Bonchev–Trinajstić information content (AvgIpc) is 2.91. The van der Waals surface area contributed by atoms with Crippen LogP contribution in [0, 0.1) is 5.92 Å². The predicted molar refractivity (Wildman–Crippen MR) is 66.3 cm³/mol. The van der Waals surface area contributed by atoms with Crippen molar-refractivity contribution in [2.24, 2.45) is 5.92 Å². The molecule has 0 spiro atoms. The Morgan fingerprint density at radius 1 is 1.25 bits per heavy atom. The van der Waals surface area contributed by atoms with E-state index in [1.807, 2.05) is 0 Å². The summed E-state index contributed by atoms with van der Waals surface area (Å²) in [6.07, 6.45) is 1.37. The molecule has 2 fully saturated rings. The average molecular weight is 216 g/mol. The van der Waals surface area contributed by atoms with Crippen molar-refractivity contribution < 1.29 is 0 Å². The van der Waals surface area contributed by atoms with Gasteiger partial charge in [-0.05, 0) is 37.9 Å². The lowest BCUT2D eigenvalue weighted by Crippen LogP contribution is -2.36. The lowest BCUT2D eigenvalue weighted by atomic mass is 10.0. The molecule has 0 aliphatic carbocycles. The Balaban J connectivity index is 1.78. The van der Waals surface area contributed by atoms with Crippen LogP contribution in [-0.4, -0.2) is 30.6 Å². The Labute approximate surface area is 97.6 Å². The minimum Gasteiger partial charge on any atom is -0.315 e. The molecule has 3 rings (SSSR count). The molecular formula is C14H20N2. The first-order chi connectivity index (χ1) is 7.86. The number of nitrogens with one attached hydrogen (secondary N) is 1. The highest BCUT2D eigenvalue weighted by molar-refractivity contribution is 5.19. The number of hydrogen-bond donors (Lipinski definition) is 1. The lowest BCUT2D eigenvalue weighted by molar-refractivity contribution is 0.192. The van der Waals surface area contributed by atoms with E-state index in [0.717, 1.165) is 12.0 Å². The van der Waals surface area contributed by atoms with Gasteiger partial charge in [-0.25, -0.2) is 0 Å². The standard InChI is InChI=1S/C14H20N2/c1-11(12-5-3-2-4-6-12)16-8-7-13-9-15-10-14(13)16/h2-6,11,13-15H,7-10H2,1H3/t11-,13+,14-/m0/s1. The quantitative estimate of drug-likeness (QED) is 0.814. The molecule has 2 aliphatic rings. The minimum atomic E-state index is 0.566. The predicted octanol–water partition coefficient (Wildman–Crippen LogP) is 2.04. The molecule has 0 saturated carbocycles. The van der Waals surface area contributed by atoms with Crippen molar-refractivity contribution in [2.45, 2.75) is 25.4 Å². The molecule has 2 aliphatic heterocycles. The molecule has 2 heterocycles. The normalized spacial score (nSPS) is 31.6. The molecule has 0 bridgehead atoms. The summed E-state index contributed by atoms with van der Waals surface area (Å²) in [7, 11) is 0. The summed E-state index contributed by atoms with van der Waals surface area (Å²) < 4.78 is 0. The van der Waals surface area contributed by atoms with Gasteiger partial charge < -0.3 is 5.32 Å². The fourth-order valence-corrected chi connectivity index (χ4v) is 3.29. The first-order valence-electron chi connectivity index (χ1n) is 6.37. The molecule has 86 valence electrons. The number of fused-ring (bicyclic) bond motifs is 1. The molecule has 16 heavy (non-hydrogen) atoms. The van der Waals surface area contributed by atoms with Crippen molar-refractivity contribution >= 4 is 0 Å². The molecule has 2 nitrogen and oxygen atoms in total. The number of likely N-dealkylation sites (tertiary alicyclic amines) is 1. The zero-order valence-corrected chi connectivity index (χ0v) is 9.89. The Hall–Kier alpha value is -0.860. The fraction of sp³-hybridized carbons (Fsp3) is 0.571. The number of benzene rings is 1. The van der Waals surface area contributed by atoms with E-state index in [2.05, 4.69) is 47.5 Å². The van der Waals surface area contributed by atoms with E-state index in [1.165, 1.54) is 31.6 Å². The minimum absolute atomic E-state index is 0.566. The fourth-order valence-electron chi connectivity index (χ4n) is 3.29. The third kappa shape index (κ3) is 1.66. The van der Waals surface area contributed by atoms with E-state index in [4.69, 9.17) is 0 Å². The zero-order chi connectivity index (χ0) is 11.0. The molecule has 0 unspecified atom stereocenters. The van der Waals surface area contributed by atoms with Crippen molar-refractivity contribution in [1.82, 2.24) is 10.2 Å². The van der Waals surface area contributed by atoms with Gasteiger partial charge in [-0.15, -0.1) is 0 Å². The van der Waals surface area contributed by atoms with E-state index in [-0.39, 0.29) is 0 Å². The third-order valence-electron chi connectivity index (χ3n) is 4.27. The molecule has 0 radical (unpaired) electrons. The second-order valence-electron chi connectivity index (χ2n) is 5.10. The molecule has 0 amide bonds. The van der Waals surface area contributed by atoms with Crippen LogP contribution in [0.5, 0.6) is 0 Å². The van der Waals surface area contributed by atoms with Gasteiger partial charge in [-0.1, -0.05) is 30.3 Å². The molecule has 1 aromatic rings. The molecule has 0 aromatic heterocycles. The van der Waals surface area contributed by atoms with Crippen LogP contribution in [0.15, 0.2) is 30.3 Å². The van der Waals surface area contributed by atoms with Crippen LogP contribution in [0.3, 0.4) is 0 Å². The van der Waals surface area contributed by atoms with Crippen molar-refractivity contribution in [2.75, 3.05) is 19.6 Å². The maximum atomic E-state index is 3.52. The Morgan fingerprint density at radius 3 is 2.88 bits per heavy atom. The van der Waals surface area contributed by atoms with Crippen molar-refractivity contribution in [3.63, 3.8) is 0 Å². The molecule has 2 saturated heterocycles. The number of nitrogens with zero attached hydrogens (tertiary/aromatic N) is 1. The summed E-state index contributed by atoms with van der Waals surface area (Å²) in [6.45, 7) is 6.02. The van der Waals surface area contributed by atoms with E-state index in [9.17, 15) is 0 Å². The van der Waals surface area contributed by atoms with Crippen molar-refractivity contribution in [3.05, 3.63) is 35.9 Å². The largest absolute Gasteiger partial charge is 0.315 e. The summed E-state index contributed by atoms with van der Waals surface area (Å²) in [5.41, 5.74) is 1.45. The first kappa shape index (κ1) is 10.3. The Kier molecular flexibility index (Phi) is 2.70. The van der Waals surface area contributed by atoms with Gasteiger partial charge >= 0.3 is 0 Å². The monoisotopic (exact) mass is 216 g/mol. The SMILES string of the molecule is C[C@@H](c1ccccc1)N1CC[C@@H]2CNC[C@@H]21. The van der Waals surface area contributed by atoms with Crippen molar-refractivity contribution in [3.8, 4) is 0 Å². The van der Waals surface area contributed by atoms with E-state index >= 15 is 0 Å². The van der Waals surface area contributed by atoms with Gasteiger partial charge in [0.25, 0.3) is 0 Å². The summed E-state index contributed by atoms with van der Waals surface area (Å²) in [5.74, 6) is 0.895. The van der Waals surface area contributed by atoms with Crippen LogP contribution in [0.4, 0.5) is 0 Å². The molecule has 1 aromatic carbocycles. The van der Waals surface area contributed by atoms with Crippen molar-refractivity contribution in [1.29, 1.82) is 0 Å². The highest BCUT2D eigenvalue weighted by atomic mass is 15.2. The summed E-state index contributed by atoms with van der Waals surface area (Å²) in [5, 5.41) is 3.52. The van der Waals surface area contributed by atoms with Gasteiger partial charge in [0.2, 0.25) is 0 Å². The molecule has 2 heteroatoms. The summed E-state index contributed by atoms with van der Waals surface area (Å²) in [6, 6.07) is 12.2. The second kappa shape index (κ2) is 4.19. The third-order valence-corrected chi connectivity index (χ3v) is 4.27. The highest BCUT2D eigenvalue weighted by Gasteiger charge is 2.39.